The van der Waals surface area contributed by atoms with E-state index in [0.717, 1.165) is 11.8 Å². The second-order valence-electron chi connectivity index (χ2n) is 6.61. The fraction of sp³-hybridized carbons (Fsp3) is 0.667. The SMILES string of the molecule is Cc1ccc(C(C)NCC2CCCC(C)C2)cc1C. The first kappa shape index (κ1) is 14.6. The van der Waals surface area contributed by atoms with E-state index in [0.29, 0.717) is 6.04 Å². The number of aryl methyl sites for hydroxylation is 2. The van der Waals surface area contributed by atoms with Crippen molar-refractivity contribution in [2.45, 2.75) is 59.4 Å². The predicted octanol–water partition coefficient (Wildman–Crippen LogP) is 4.78. The molecule has 1 heteroatoms. The molecule has 0 saturated heterocycles. The summed E-state index contributed by atoms with van der Waals surface area (Å²) in [6.07, 6.45) is 5.68. The lowest BCUT2D eigenvalue weighted by Gasteiger charge is -2.28. The van der Waals surface area contributed by atoms with Crippen LogP contribution in [0.2, 0.25) is 0 Å². The minimum absolute atomic E-state index is 0.469. The van der Waals surface area contributed by atoms with Gasteiger partial charge in [-0.05, 0) is 68.7 Å². The second-order valence-corrected chi connectivity index (χ2v) is 6.61. The highest BCUT2D eigenvalue weighted by Gasteiger charge is 2.19. The van der Waals surface area contributed by atoms with Gasteiger partial charge in [-0.3, -0.25) is 0 Å². The van der Waals surface area contributed by atoms with Crippen molar-refractivity contribution in [3.63, 3.8) is 0 Å². The van der Waals surface area contributed by atoms with Gasteiger partial charge >= 0.3 is 0 Å². The first-order valence-corrected chi connectivity index (χ1v) is 7.86. The van der Waals surface area contributed by atoms with Crippen LogP contribution in [0.25, 0.3) is 0 Å². The van der Waals surface area contributed by atoms with E-state index in [1.54, 1.807) is 0 Å². The maximum atomic E-state index is 3.74. The fourth-order valence-corrected chi connectivity index (χ4v) is 3.24. The molecule has 106 valence electrons. The van der Waals surface area contributed by atoms with Crippen LogP contribution in [0.15, 0.2) is 18.2 Å². The quantitative estimate of drug-likeness (QED) is 0.820. The van der Waals surface area contributed by atoms with E-state index in [4.69, 9.17) is 0 Å². The van der Waals surface area contributed by atoms with Gasteiger partial charge in [0.25, 0.3) is 0 Å². The predicted molar refractivity (Wildman–Crippen MR) is 83.5 cm³/mol. The number of benzene rings is 1. The molecule has 1 nitrogen and oxygen atoms in total. The average Bonchev–Trinajstić information content (AvgIpc) is 2.39. The van der Waals surface area contributed by atoms with Gasteiger partial charge in [-0.1, -0.05) is 38.0 Å². The zero-order valence-corrected chi connectivity index (χ0v) is 13.0. The van der Waals surface area contributed by atoms with Crippen molar-refractivity contribution in [1.82, 2.24) is 5.32 Å². The molecule has 0 aromatic heterocycles. The molecular weight excluding hydrogens is 230 g/mol. The smallest absolute Gasteiger partial charge is 0.0292 e. The molecule has 19 heavy (non-hydrogen) atoms. The monoisotopic (exact) mass is 259 g/mol. The molecule has 3 atom stereocenters. The van der Waals surface area contributed by atoms with Crippen LogP contribution >= 0.6 is 0 Å². The van der Waals surface area contributed by atoms with Gasteiger partial charge in [0.15, 0.2) is 0 Å². The average molecular weight is 259 g/mol. The third-order valence-electron chi connectivity index (χ3n) is 4.79. The van der Waals surface area contributed by atoms with Crippen LogP contribution in [0.3, 0.4) is 0 Å². The highest BCUT2D eigenvalue weighted by atomic mass is 14.9. The minimum atomic E-state index is 0.469. The summed E-state index contributed by atoms with van der Waals surface area (Å²) in [4.78, 5) is 0. The minimum Gasteiger partial charge on any atom is -0.310 e. The van der Waals surface area contributed by atoms with E-state index in [9.17, 15) is 0 Å². The molecular formula is C18H29N. The number of hydrogen-bond acceptors (Lipinski definition) is 1. The van der Waals surface area contributed by atoms with Crippen molar-refractivity contribution in [2.75, 3.05) is 6.54 Å². The molecule has 0 aliphatic heterocycles. The summed E-state index contributed by atoms with van der Waals surface area (Å²) in [6.45, 7) is 10.3. The Balaban J connectivity index is 1.86. The Morgan fingerprint density at radius 1 is 1.21 bits per heavy atom. The maximum absolute atomic E-state index is 3.74. The molecule has 1 saturated carbocycles. The van der Waals surface area contributed by atoms with E-state index in [1.807, 2.05) is 0 Å². The third-order valence-corrected chi connectivity index (χ3v) is 4.79. The molecule has 1 aliphatic carbocycles. The molecule has 1 aliphatic rings. The van der Waals surface area contributed by atoms with Gasteiger partial charge < -0.3 is 5.32 Å². The van der Waals surface area contributed by atoms with Crippen LogP contribution in [-0.2, 0) is 0 Å². The van der Waals surface area contributed by atoms with E-state index >= 15 is 0 Å². The highest BCUT2D eigenvalue weighted by molar-refractivity contribution is 5.31. The molecule has 0 radical (unpaired) electrons. The summed E-state index contributed by atoms with van der Waals surface area (Å²) in [6, 6.07) is 7.31. The highest BCUT2D eigenvalue weighted by Crippen LogP contribution is 2.28. The molecule has 0 spiro atoms. The Morgan fingerprint density at radius 3 is 2.68 bits per heavy atom. The molecule has 0 bridgehead atoms. The van der Waals surface area contributed by atoms with Crippen molar-refractivity contribution in [3.8, 4) is 0 Å². The molecule has 1 N–H and O–H groups in total. The van der Waals surface area contributed by atoms with E-state index < -0.39 is 0 Å². The first-order valence-electron chi connectivity index (χ1n) is 7.86. The maximum Gasteiger partial charge on any atom is 0.0292 e. The summed E-state index contributed by atoms with van der Waals surface area (Å²) >= 11 is 0. The lowest BCUT2D eigenvalue weighted by atomic mass is 9.82. The Bertz CT molecular complexity index is 410. The van der Waals surface area contributed by atoms with Gasteiger partial charge in [0.05, 0.1) is 0 Å². The Labute approximate surface area is 118 Å². The lowest BCUT2D eigenvalue weighted by molar-refractivity contribution is 0.268. The van der Waals surface area contributed by atoms with Crippen LogP contribution in [0.5, 0.6) is 0 Å². The second kappa shape index (κ2) is 6.56. The number of nitrogens with one attached hydrogen (secondary N) is 1. The van der Waals surface area contributed by atoms with Crippen LogP contribution in [0.4, 0.5) is 0 Å². The number of hydrogen-bond donors (Lipinski definition) is 1. The normalized spacial score (nSPS) is 25.3. The molecule has 3 unspecified atom stereocenters. The zero-order chi connectivity index (χ0) is 13.8. The van der Waals surface area contributed by atoms with Gasteiger partial charge in [-0.15, -0.1) is 0 Å². The van der Waals surface area contributed by atoms with Crippen molar-refractivity contribution in [1.29, 1.82) is 0 Å². The van der Waals surface area contributed by atoms with Crippen LogP contribution < -0.4 is 5.32 Å². The molecule has 1 aromatic carbocycles. The van der Waals surface area contributed by atoms with Gasteiger partial charge in [0, 0.05) is 6.04 Å². The Hall–Kier alpha value is -0.820. The standard InChI is InChI=1S/C18H29N/c1-13-6-5-7-17(10-13)12-19-16(4)18-9-8-14(2)15(3)11-18/h8-9,11,13,16-17,19H,5-7,10,12H2,1-4H3. The largest absolute Gasteiger partial charge is 0.310 e. The van der Waals surface area contributed by atoms with Crippen molar-refractivity contribution in [2.24, 2.45) is 11.8 Å². The van der Waals surface area contributed by atoms with Gasteiger partial charge in [-0.2, -0.15) is 0 Å². The summed E-state index contributed by atoms with van der Waals surface area (Å²) in [7, 11) is 0. The van der Waals surface area contributed by atoms with Crippen molar-refractivity contribution >= 4 is 0 Å². The topological polar surface area (TPSA) is 12.0 Å². The van der Waals surface area contributed by atoms with E-state index in [1.165, 1.54) is 48.9 Å². The molecule has 2 rings (SSSR count). The molecule has 0 heterocycles. The molecule has 1 fully saturated rings. The summed E-state index contributed by atoms with van der Waals surface area (Å²) in [5, 5.41) is 3.74. The van der Waals surface area contributed by atoms with E-state index in [-0.39, 0.29) is 0 Å². The van der Waals surface area contributed by atoms with Gasteiger partial charge in [0.1, 0.15) is 0 Å². The summed E-state index contributed by atoms with van der Waals surface area (Å²) in [5.74, 6) is 1.82. The third kappa shape index (κ3) is 4.07. The van der Waals surface area contributed by atoms with Gasteiger partial charge in [-0.25, -0.2) is 0 Å². The van der Waals surface area contributed by atoms with Crippen LogP contribution in [0.1, 0.15) is 62.3 Å². The van der Waals surface area contributed by atoms with Crippen LogP contribution in [-0.4, -0.2) is 6.54 Å². The fourth-order valence-electron chi connectivity index (χ4n) is 3.24. The summed E-state index contributed by atoms with van der Waals surface area (Å²) < 4.78 is 0. The van der Waals surface area contributed by atoms with E-state index in [2.05, 4.69) is 51.2 Å². The van der Waals surface area contributed by atoms with Gasteiger partial charge in [0.2, 0.25) is 0 Å². The number of rotatable bonds is 4. The van der Waals surface area contributed by atoms with Crippen LogP contribution in [0, 0.1) is 25.7 Å². The Morgan fingerprint density at radius 2 is 2.00 bits per heavy atom. The Kier molecular flexibility index (Phi) is 5.04. The lowest BCUT2D eigenvalue weighted by Crippen LogP contribution is -2.28. The molecule has 1 aromatic rings. The first-order chi connectivity index (χ1) is 9.06. The zero-order valence-electron chi connectivity index (χ0n) is 13.0. The van der Waals surface area contributed by atoms with Crippen molar-refractivity contribution in [3.05, 3.63) is 34.9 Å². The molecule has 0 amide bonds. The summed E-state index contributed by atoms with van der Waals surface area (Å²) in [5.41, 5.74) is 4.21. The van der Waals surface area contributed by atoms with Crippen molar-refractivity contribution < 1.29 is 0 Å².